The molecule has 1 N–H and O–H groups in total. The largest absolute Gasteiger partial charge is 0.493 e. The first-order chi connectivity index (χ1) is 13.6. The van der Waals surface area contributed by atoms with Gasteiger partial charge in [-0.05, 0) is 41.7 Å². The molecule has 6 heteroatoms. The normalized spacial score (nSPS) is 25.4. The van der Waals surface area contributed by atoms with Crippen LogP contribution in [-0.2, 0) is 11.2 Å². The van der Waals surface area contributed by atoms with Crippen molar-refractivity contribution in [1.29, 1.82) is 0 Å². The van der Waals surface area contributed by atoms with E-state index in [-0.39, 0.29) is 17.9 Å². The van der Waals surface area contributed by atoms with Gasteiger partial charge in [-0.3, -0.25) is 14.6 Å². The number of benzene rings is 1. The number of pyridine rings is 1. The maximum absolute atomic E-state index is 12.7. The molecule has 0 radical (unpaired) electrons. The van der Waals surface area contributed by atoms with Crippen LogP contribution in [0.25, 0.3) is 11.1 Å². The first-order valence-corrected chi connectivity index (χ1v) is 9.90. The number of carbonyl (C=O) groups excluding carboxylic acids is 2. The van der Waals surface area contributed by atoms with Crippen LogP contribution in [0.5, 0.6) is 5.75 Å². The van der Waals surface area contributed by atoms with Crippen LogP contribution in [0.2, 0.25) is 0 Å². The summed E-state index contributed by atoms with van der Waals surface area (Å²) < 4.78 is 5.56. The molecule has 1 aromatic heterocycles. The van der Waals surface area contributed by atoms with Crippen LogP contribution in [0.3, 0.4) is 0 Å². The molecule has 3 unspecified atom stereocenters. The van der Waals surface area contributed by atoms with Gasteiger partial charge in [0.05, 0.1) is 18.2 Å². The molecule has 0 bridgehead atoms. The van der Waals surface area contributed by atoms with E-state index < -0.39 is 0 Å². The first kappa shape index (κ1) is 17.2. The van der Waals surface area contributed by atoms with Crippen LogP contribution < -0.4 is 10.1 Å². The van der Waals surface area contributed by atoms with E-state index in [0.29, 0.717) is 30.5 Å². The van der Waals surface area contributed by atoms with Crippen molar-refractivity contribution in [3.8, 4) is 16.9 Å². The molecular weight excluding hydrogens is 354 g/mol. The van der Waals surface area contributed by atoms with Crippen LogP contribution in [-0.4, -0.2) is 46.9 Å². The molecule has 144 valence electrons. The van der Waals surface area contributed by atoms with E-state index in [2.05, 4.69) is 23.3 Å². The minimum absolute atomic E-state index is 0.131. The lowest BCUT2D eigenvalue weighted by Gasteiger charge is -2.17. The number of fused-ring (bicyclic) bond motifs is 1. The third kappa shape index (κ3) is 3.13. The molecular formula is C22H23N3O3. The van der Waals surface area contributed by atoms with E-state index in [1.807, 2.05) is 23.1 Å². The fraction of sp³-hybridized carbons (Fsp3) is 0.409. The molecule has 1 saturated carbocycles. The van der Waals surface area contributed by atoms with E-state index in [1.165, 1.54) is 5.56 Å². The highest BCUT2D eigenvalue weighted by atomic mass is 16.5. The van der Waals surface area contributed by atoms with Gasteiger partial charge in [0.25, 0.3) is 5.91 Å². The number of carbonyl (C=O) groups is 2. The van der Waals surface area contributed by atoms with E-state index in [0.717, 1.165) is 36.3 Å². The average molecular weight is 377 g/mol. The number of hydrogen-bond acceptors (Lipinski definition) is 4. The summed E-state index contributed by atoms with van der Waals surface area (Å²) in [4.78, 5) is 31.1. The van der Waals surface area contributed by atoms with E-state index in [1.54, 1.807) is 12.4 Å². The van der Waals surface area contributed by atoms with Gasteiger partial charge in [0.2, 0.25) is 5.91 Å². The molecule has 1 aromatic carbocycles. The van der Waals surface area contributed by atoms with Crippen molar-refractivity contribution >= 4 is 11.8 Å². The maximum atomic E-state index is 12.7. The Labute approximate surface area is 163 Å². The molecule has 0 spiro atoms. The van der Waals surface area contributed by atoms with Gasteiger partial charge in [-0.25, -0.2) is 0 Å². The molecule has 5 rings (SSSR count). The fourth-order valence-electron chi connectivity index (χ4n) is 4.24. The second kappa shape index (κ2) is 6.62. The Balaban J connectivity index is 1.30. The monoisotopic (exact) mass is 377 g/mol. The Kier molecular flexibility index (Phi) is 4.07. The van der Waals surface area contributed by atoms with Crippen molar-refractivity contribution in [2.75, 3.05) is 13.2 Å². The molecule has 2 aliphatic heterocycles. The molecule has 28 heavy (non-hydrogen) atoms. The van der Waals surface area contributed by atoms with Crippen LogP contribution >= 0.6 is 0 Å². The number of hydrogen-bond donors (Lipinski definition) is 1. The fourth-order valence-corrected chi connectivity index (χ4v) is 4.24. The quantitative estimate of drug-likeness (QED) is 0.888. The van der Waals surface area contributed by atoms with Crippen LogP contribution in [0, 0.1) is 5.92 Å². The zero-order valence-electron chi connectivity index (χ0n) is 15.9. The van der Waals surface area contributed by atoms with Crippen LogP contribution in [0.4, 0.5) is 0 Å². The van der Waals surface area contributed by atoms with E-state index in [9.17, 15) is 9.59 Å². The number of amides is 2. The molecule has 3 aliphatic rings. The van der Waals surface area contributed by atoms with Gasteiger partial charge < -0.3 is 15.0 Å². The lowest BCUT2D eigenvalue weighted by molar-refractivity contribution is -0.128. The Bertz CT molecular complexity index is 958. The summed E-state index contributed by atoms with van der Waals surface area (Å²) in [6.45, 7) is 3.49. The molecule has 1 saturated heterocycles. The number of ether oxygens (including phenoxy) is 1. The van der Waals surface area contributed by atoms with Gasteiger partial charge in [0, 0.05) is 43.4 Å². The molecule has 6 nitrogen and oxygen atoms in total. The van der Waals surface area contributed by atoms with Gasteiger partial charge in [-0.15, -0.1) is 0 Å². The predicted octanol–water partition coefficient (Wildman–Crippen LogP) is 2.42. The van der Waals surface area contributed by atoms with Crippen molar-refractivity contribution in [3.63, 3.8) is 0 Å². The molecule has 3 heterocycles. The van der Waals surface area contributed by atoms with Crippen molar-refractivity contribution in [1.82, 2.24) is 15.2 Å². The van der Waals surface area contributed by atoms with Crippen molar-refractivity contribution in [2.45, 2.75) is 38.3 Å². The third-order valence-corrected chi connectivity index (χ3v) is 5.98. The second-order valence-corrected chi connectivity index (χ2v) is 8.08. The lowest BCUT2D eigenvalue weighted by atomic mass is 10.0. The van der Waals surface area contributed by atoms with Crippen molar-refractivity contribution < 1.29 is 14.3 Å². The zero-order valence-corrected chi connectivity index (χ0v) is 15.9. The standard InChI is InChI=1S/C22H23N3O3/c1-13-6-19(13)25-12-18(9-21(25)26)24-22(27)17-8-16(10-23-11-17)14-2-3-20-15(7-14)4-5-28-20/h2-3,7-8,10-11,13,18-19H,4-6,9,12H2,1H3,(H,24,27). The summed E-state index contributed by atoms with van der Waals surface area (Å²) in [7, 11) is 0. The molecule has 2 amide bonds. The van der Waals surface area contributed by atoms with Gasteiger partial charge in [-0.2, -0.15) is 0 Å². The molecule has 2 fully saturated rings. The zero-order chi connectivity index (χ0) is 19.3. The number of rotatable bonds is 4. The predicted molar refractivity (Wildman–Crippen MR) is 104 cm³/mol. The topological polar surface area (TPSA) is 71.5 Å². The minimum atomic E-state index is -0.178. The van der Waals surface area contributed by atoms with E-state index in [4.69, 9.17) is 4.74 Å². The van der Waals surface area contributed by atoms with Crippen LogP contribution in [0.15, 0.2) is 36.7 Å². The SMILES string of the molecule is CC1CC1N1CC(NC(=O)c2cncc(-c3ccc4c(c3)CCO4)c2)CC1=O. The highest BCUT2D eigenvalue weighted by Gasteiger charge is 2.44. The number of nitrogens with one attached hydrogen (secondary N) is 1. The number of likely N-dealkylation sites (tertiary alicyclic amines) is 1. The Morgan fingerprint density at radius 3 is 2.93 bits per heavy atom. The smallest absolute Gasteiger partial charge is 0.253 e. The molecule has 2 aromatic rings. The second-order valence-electron chi connectivity index (χ2n) is 8.08. The summed E-state index contributed by atoms with van der Waals surface area (Å²) in [6, 6.07) is 8.16. The van der Waals surface area contributed by atoms with E-state index >= 15 is 0 Å². The number of nitrogens with zero attached hydrogens (tertiary/aromatic N) is 2. The van der Waals surface area contributed by atoms with Crippen molar-refractivity contribution in [3.05, 3.63) is 47.8 Å². The van der Waals surface area contributed by atoms with Gasteiger partial charge in [0.1, 0.15) is 5.75 Å². The highest BCUT2D eigenvalue weighted by molar-refractivity contribution is 5.96. The molecule has 1 aliphatic carbocycles. The lowest BCUT2D eigenvalue weighted by Crippen LogP contribution is -2.37. The summed E-state index contributed by atoms with van der Waals surface area (Å²) in [5, 5.41) is 3.01. The third-order valence-electron chi connectivity index (χ3n) is 5.98. The first-order valence-electron chi connectivity index (χ1n) is 9.90. The Morgan fingerprint density at radius 2 is 2.11 bits per heavy atom. The Morgan fingerprint density at radius 1 is 1.25 bits per heavy atom. The van der Waals surface area contributed by atoms with Crippen LogP contribution in [0.1, 0.15) is 35.7 Å². The van der Waals surface area contributed by atoms with Crippen molar-refractivity contribution in [2.24, 2.45) is 5.92 Å². The Hall–Kier alpha value is -2.89. The maximum Gasteiger partial charge on any atom is 0.253 e. The van der Waals surface area contributed by atoms with Gasteiger partial charge >= 0.3 is 0 Å². The number of aromatic nitrogens is 1. The van der Waals surface area contributed by atoms with Gasteiger partial charge in [0.15, 0.2) is 0 Å². The summed E-state index contributed by atoms with van der Waals surface area (Å²) in [6.07, 6.45) is 5.70. The minimum Gasteiger partial charge on any atom is -0.493 e. The summed E-state index contributed by atoms with van der Waals surface area (Å²) >= 11 is 0. The molecule has 3 atom stereocenters. The summed E-state index contributed by atoms with van der Waals surface area (Å²) in [5.41, 5.74) is 3.63. The highest BCUT2D eigenvalue weighted by Crippen LogP contribution is 2.37. The summed E-state index contributed by atoms with van der Waals surface area (Å²) in [5.74, 6) is 1.48. The average Bonchev–Trinajstić information content (AvgIpc) is 3.08. The van der Waals surface area contributed by atoms with Gasteiger partial charge in [-0.1, -0.05) is 13.0 Å².